The SMILES string of the molecule is c1ccc2c(c1)Sc1ccc(-c3ccccc3-c3ccccc3-n3c4ccccc4c4ccc5ccccc5c43)c3cccc-2c13. The van der Waals surface area contributed by atoms with Gasteiger partial charge in [0, 0.05) is 36.9 Å². The Hall–Kier alpha value is -5.57. The highest BCUT2D eigenvalue weighted by Gasteiger charge is 2.23. The molecule has 10 rings (SSSR count). The molecule has 9 aromatic rings. The van der Waals surface area contributed by atoms with E-state index in [-0.39, 0.29) is 0 Å². The van der Waals surface area contributed by atoms with Crippen molar-refractivity contribution >= 4 is 55.1 Å². The predicted molar refractivity (Wildman–Crippen MR) is 196 cm³/mol. The molecule has 0 unspecified atom stereocenters. The van der Waals surface area contributed by atoms with Crippen LogP contribution in [0.15, 0.2) is 174 Å². The lowest BCUT2D eigenvalue weighted by atomic mass is 9.88. The number of hydrogen-bond donors (Lipinski definition) is 0. The molecule has 0 fully saturated rings. The third kappa shape index (κ3) is 3.65. The van der Waals surface area contributed by atoms with Gasteiger partial charge in [-0.05, 0) is 62.9 Å². The van der Waals surface area contributed by atoms with Crippen molar-refractivity contribution in [3.05, 3.63) is 164 Å². The first-order valence-corrected chi connectivity index (χ1v) is 16.6. The van der Waals surface area contributed by atoms with E-state index in [0.717, 1.165) is 0 Å². The standard InChI is InChI=1S/C44H27NS/c1-2-13-29-28(12-1)24-25-38-34-17-6-9-22-40(34)45(44(29)38)39-21-8-5-16-33(39)31-15-4-3-14-30(31)32-26-27-42-43-36(32)19-11-20-37(43)35-18-7-10-23-41(35)46-42/h1-27H. The van der Waals surface area contributed by atoms with Crippen molar-refractivity contribution < 1.29 is 0 Å². The molecule has 214 valence electrons. The molecule has 0 amide bonds. The smallest absolute Gasteiger partial charge is 0.0619 e. The Balaban J connectivity index is 1.26. The Morgan fingerprint density at radius 3 is 1.89 bits per heavy atom. The van der Waals surface area contributed by atoms with Crippen molar-refractivity contribution in [2.24, 2.45) is 0 Å². The molecule has 0 saturated heterocycles. The molecule has 46 heavy (non-hydrogen) atoms. The van der Waals surface area contributed by atoms with Crippen molar-refractivity contribution in [2.45, 2.75) is 9.79 Å². The number of hydrogen-bond acceptors (Lipinski definition) is 1. The van der Waals surface area contributed by atoms with Gasteiger partial charge in [0.05, 0.1) is 16.7 Å². The largest absolute Gasteiger partial charge is 0.308 e. The fourth-order valence-corrected chi connectivity index (χ4v) is 8.77. The highest BCUT2D eigenvalue weighted by Crippen LogP contribution is 2.50. The van der Waals surface area contributed by atoms with Gasteiger partial charge in [-0.2, -0.15) is 0 Å². The first-order chi connectivity index (χ1) is 22.8. The summed E-state index contributed by atoms with van der Waals surface area (Å²) in [4.78, 5) is 2.64. The number of rotatable bonds is 3. The van der Waals surface area contributed by atoms with Crippen LogP contribution in [-0.2, 0) is 0 Å². The molecule has 0 atom stereocenters. The summed E-state index contributed by atoms with van der Waals surface area (Å²) >= 11 is 1.88. The van der Waals surface area contributed by atoms with E-state index in [1.807, 2.05) is 11.8 Å². The molecule has 0 spiro atoms. The van der Waals surface area contributed by atoms with E-state index in [9.17, 15) is 0 Å². The van der Waals surface area contributed by atoms with Gasteiger partial charge in [-0.1, -0.05) is 151 Å². The lowest BCUT2D eigenvalue weighted by molar-refractivity contribution is 1.19. The van der Waals surface area contributed by atoms with Gasteiger partial charge in [-0.3, -0.25) is 0 Å². The maximum Gasteiger partial charge on any atom is 0.0619 e. The lowest BCUT2D eigenvalue weighted by Gasteiger charge is -2.23. The van der Waals surface area contributed by atoms with Crippen LogP contribution in [0.25, 0.3) is 82.4 Å². The molecule has 1 aromatic heterocycles. The quantitative estimate of drug-likeness (QED) is 0.195. The first kappa shape index (κ1) is 25.7. The second kappa shape index (κ2) is 9.97. The zero-order valence-electron chi connectivity index (χ0n) is 24.9. The Morgan fingerprint density at radius 2 is 1.00 bits per heavy atom. The number of fused-ring (bicyclic) bond motifs is 7. The fraction of sp³-hybridized carbons (Fsp3) is 0. The molecule has 1 aliphatic heterocycles. The maximum atomic E-state index is 2.49. The van der Waals surface area contributed by atoms with E-state index >= 15 is 0 Å². The molecule has 0 radical (unpaired) electrons. The molecule has 0 bridgehead atoms. The Morgan fingerprint density at radius 1 is 0.348 bits per heavy atom. The zero-order valence-corrected chi connectivity index (χ0v) is 25.8. The van der Waals surface area contributed by atoms with Crippen LogP contribution >= 0.6 is 11.8 Å². The molecule has 8 aromatic carbocycles. The topological polar surface area (TPSA) is 4.93 Å². The van der Waals surface area contributed by atoms with E-state index in [1.54, 1.807) is 0 Å². The lowest BCUT2D eigenvalue weighted by Crippen LogP contribution is -1.99. The van der Waals surface area contributed by atoms with Crippen LogP contribution in [0.4, 0.5) is 0 Å². The van der Waals surface area contributed by atoms with E-state index < -0.39 is 0 Å². The van der Waals surface area contributed by atoms with Crippen LogP contribution in [0.3, 0.4) is 0 Å². The number of nitrogens with zero attached hydrogens (tertiary/aromatic N) is 1. The third-order valence-electron chi connectivity index (χ3n) is 9.61. The Kier molecular flexibility index (Phi) is 5.58. The van der Waals surface area contributed by atoms with Crippen LogP contribution in [0.1, 0.15) is 0 Å². The van der Waals surface area contributed by atoms with E-state index in [2.05, 4.69) is 168 Å². The van der Waals surface area contributed by atoms with Crippen molar-refractivity contribution in [3.8, 4) is 39.1 Å². The monoisotopic (exact) mass is 601 g/mol. The molecular formula is C44H27NS. The van der Waals surface area contributed by atoms with Gasteiger partial charge >= 0.3 is 0 Å². The highest BCUT2D eigenvalue weighted by atomic mass is 32.2. The van der Waals surface area contributed by atoms with Crippen LogP contribution in [0.5, 0.6) is 0 Å². The molecule has 0 saturated carbocycles. The van der Waals surface area contributed by atoms with Crippen LogP contribution in [-0.4, -0.2) is 4.57 Å². The highest BCUT2D eigenvalue weighted by molar-refractivity contribution is 7.99. The summed E-state index contributed by atoms with van der Waals surface area (Å²) < 4.78 is 2.49. The number of para-hydroxylation sites is 2. The average molecular weight is 602 g/mol. The Bertz CT molecular complexity index is 2680. The second-order valence-corrected chi connectivity index (χ2v) is 13.1. The fourth-order valence-electron chi connectivity index (χ4n) is 7.64. The predicted octanol–water partition coefficient (Wildman–Crippen LogP) is 12.6. The van der Waals surface area contributed by atoms with Gasteiger partial charge in [0.15, 0.2) is 0 Å². The molecule has 1 aliphatic rings. The minimum Gasteiger partial charge on any atom is -0.308 e. The summed E-state index contributed by atoms with van der Waals surface area (Å²) in [6.45, 7) is 0. The normalized spacial score (nSPS) is 12.3. The molecule has 2 heteroatoms. The molecule has 0 N–H and O–H groups in total. The van der Waals surface area contributed by atoms with Crippen LogP contribution in [0, 0.1) is 0 Å². The van der Waals surface area contributed by atoms with Crippen LogP contribution < -0.4 is 0 Å². The number of benzene rings is 8. The van der Waals surface area contributed by atoms with Crippen molar-refractivity contribution in [1.82, 2.24) is 4.57 Å². The zero-order chi connectivity index (χ0) is 30.2. The summed E-state index contributed by atoms with van der Waals surface area (Å²) in [5.41, 5.74) is 11.2. The summed E-state index contributed by atoms with van der Waals surface area (Å²) in [5.74, 6) is 0. The molecule has 0 aliphatic carbocycles. The maximum absolute atomic E-state index is 2.49. The number of aromatic nitrogens is 1. The summed E-state index contributed by atoms with van der Waals surface area (Å²) in [6, 6.07) is 60.2. The van der Waals surface area contributed by atoms with Gasteiger partial charge in [0.25, 0.3) is 0 Å². The molecule has 1 nitrogen and oxygen atoms in total. The molecular weight excluding hydrogens is 575 g/mol. The van der Waals surface area contributed by atoms with Gasteiger partial charge in [0.1, 0.15) is 0 Å². The van der Waals surface area contributed by atoms with E-state index in [0.29, 0.717) is 0 Å². The Labute approximate surface area is 271 Å². The summed E-state index contributed by atoms with van der Waals surface area (Å²) in [7, 11) is 0. The second-order valence-electron chi connectivity index (χ2n) is 12.0. The molecule has 2 heterocycles. The van der Waals surface area contributed by atoms with Crippen molar-refractivity contribution in [1.29, 1.82) is 0 Å². The minimum absolute atomic E-state index is 1.18. The average Bonchev–Trinajstić information content (AvgIpc) is 3.47. The van der Waals surface area contributed by atoms with Crippen LogP contribution in [0.2, 0.25) is 0 Å². The van der Waals surface area contributed by atoms with Gasteiger partial charge in [0.2, 0.25) is 0 Å². The van der Waals surface area contributed by atoms with Crippen molar-refractivity contribution in [3.63, 3.8) is 0 Å². The van der Waals surface area contributed by atoms with E-state index in [4.69, 9.17) is 0 Å². The first-order valence-electron chi connectivity index (χ1n) is 15.8. The van der Waals surface area contributed by atoms with Gasteiger partial charge in [-0.15, -0.1) is 0 Å². The minimum atomic E-state index is 1.18. The summed E-state index contributed by atoms with van der Waals surface area (Å²) in [6.07, 6.45) is 0. The third-order valence-corrected chi connectivity index (χ3v) is 10.7. The van der Waals surface area contributed by atoms with Crippen molar-refractivity contribution in [2.75, 3.05) is 0 Å². The summed E-state index contributed by atoms with van der Waals surface area (Å²) in [5, 5.41) is 7.71. The van der Waals surface area contributed by atoms with Gasteiger partial charge < -0.3 is 4.57 Å². The van der Waals surface area contributed by atoms with Gasteiger partial charge in [-0.25, -0.2) is 0 Å². The van der Waals surface area contributed by atoms with E-state index in [1.165, 1.54) is 92.2 Å².